The minimum absolute atomic E-state index is 0.0112. The molecule has 1 aliphatic rings. The molecule has 2 aromatic carbocycles. The summed E-state index contributed by atoms with van der Waals surface area (Å²) in [5.41, 5.74) is -0.541. The Morgan fingerprint density at radius 2 is 1.92 bits per heavy atom. The number of amides is 1. The molecule has 1 amide bonds. The molecule has 6 heteroatoms. The van der Waals surface area contributed by atoms with Crippen LogP contribution in [-0.2, 0) is 5.60 Å². The summed E-state index contributed by atoms with van der Waals surface area (Å²) < 4.78 is 11.1. The second-order valence-corrected chi connectivity index (χ2v) is 6.28. The van der Waals surface area contributed by atoms with Crippen molar-refractivity contribution in [2.45, 2.75) is 12.0 Å². The number of benzene rings is 2. The molecule has 0 saturated heterocycles. The van der Waals surface area contributed by atoms with Gasteiger partial charge in [0.1, 0.15) is 16.9 Å². The van der Waals surface area contributed by atoms with Gasteiger partial charge >= 0.3 is 0 Å². The Labute approximate surface area is 149 Å². The van der Waals surface area contributed by atoms with Crippen molar-refractivity contribution in [1.29, 1.82) is 0 Å². The maximum atomic E-state index is 12.5. The summed E-state index contributed by atoms with van der Waals surface area (Å²) in [6.07, 6.45) is 0.353. The van der Waals surface area contributed by atoms with Crippen molar-refractivity contribution in [3.63, 3.8) is 0 Å². The summed E-state index contributed by atoms with van der Waals surface area (Å²) in [5.74, 6) is -0.0318. The van der Waals surface area contributed by atoms with Crippen LogP contribution in [0.25, 0.3) is 11.0 Å². The van der Waals surface area contributed by atoms with E-state index in [-0.39, 0.29) is 17.7 Å². The lowest BCUT2D eigenvalue weighted by atomic mass is 9.88. The van der Waals surface area contributed by atoms with Gasteiger partial charge in [0.2, 0.25) is 0 Å². The Bertz CT molecular complexity index is 1040. The van der Waals surface area contributed by atoms with Gasteiger partial charge in [-0.1, -0.05) is 30.3 Å². The Kier molecular flexibility index (Phi) is 3.97. The van der Waals surface area contributed by atoms with E-state index in [0.717, 1.165) is 0 Å². The van der Waals surface area contributed by atoms with Crippen LogP contribution < -0.4 is 15.5 Å². The van der Waals surface area contributed by atoms with E-state index in [9.17, 15) is 14.7 Å². The van der Waals surface area contributed by atoms with Gasteiger partial charge in [-0.25, -0.2) is 0 Å². The van der Waals surface area contributed by atoms with Gasteiger partial charge in [0.15, 0.2) is 11.2 Å². The zero-order valence-corrected chi connectivity index (χ0v) is 13.9. The normalized spacial score (nSPS) is 18.8. The summed E-state index contributed by atoms with van der Waals surface area (Å²) in [6.45, 7) is 0.344. The van der Waals surface area contributed by atoms with E-state index < -0.39 is 11.5 Å². The van der Waals surface area contributed by atoms with E-state index in [1.165, 1.54) is 6.07 Å². The fourth-order valence-corrected chi connectivity index (χ4v) is 3.15. The van der Waals surface area contributed by atoms with E-state index in [1.54, 1.807) is 36.4 Å². The van der Waals surface area contributed by atoms with Crippen molar-refractivity contribution in [3.05, 3.63) is 76.1 Å². The summed E-state index contributed by atoms with van der Waals surface area (Å²) >= 11 is 0. The van der Waals surface area contributed by atoms with E-state index in [0.29, 0.717) is 35.3 Å². The monoisotopic (exact) mass is 351 g/mol. The number of nitrogens with one attached hydrogen (secondary N) is 1. The van der Waals surface area contributed by atoms with Crippen LogP contribution in [0, 0.1) is 0 Å². The van der Waals surface area contributed by atoms with Gasteiger partial charge in [-0.05, 0) is 18.2 Å². The third-order valence-corrected chi connectivity index (χ3v) is 4.56. The number of fused-ring (bicyclic) bond motifs is 2. The van der Waals surface area contributed by atoms with Gasteiger partial charge in [-0.15, -0.1) is 0 Å². The Balaban J connectivity index is 1.57. The van der Waals surface area contributed by atoms with E-state index in [1.807, 2.05) is 12.1 Å². The molecule has 4 rings (SSSR count). The van der Waals surface area contributed by atoms with Crippen LogP contribution in [0.15, 0.2) is 63.8 Å². The summed E-state index contributed by atoms with van der Waals surface area (Å²) in [4.78, 5) is 24.6. The standard InChI is InChI=1S/C20H17NO5/c22-15-11-18(26-16-7-3-1-5-13(15)16)19(23)21-12-20(24)9-10-25-17-8-4-2-6-14(17)20/h1-8,11,24H,9-10,12H2,(H,21,23)/t20-/m1/s1. The van der Waals surface area contributed by atoms with E-state index >= 15 is 0 Å². The minimum atomic E-state index is -1.23. The lowest BCUT2D eigenvalue weighted by Crippen LogP contribution is -2.44. The zero-order valence-electron chi connectivity index (χ0n) is 13.9. The highest BCUT2D eigenvalue weighted by molar-refractivity contribution is 5.93. The van der Waals surface area contributed by atoms with Crippen LogP contribution >= 0.6 is 0 Å². The van der Waals surface area contributed by atoms with Crippen LogP contribution in [0.4, 0.5) is 0 Å². The number of para-hydroxylation sites is 2. The Morgan fingerprint density at radius 3 is 2.81 bits per heavy atom. The van der Waals surface area contributed by atoms with Gasteiger partial charge in [0.05, 0.1) is 18.5 Å². The van der Waals surface area contributed by atoms with E-state index in [4.69, 9.17) is 9.15 Å². The SMILES string of the molecule is O=C(NC[C@]1(O)CCOc2ccccc21)c1cc(=O)c2ccccc2o1. The highest BCUT2D eigenvalue weighted by Crippen LogP contribution is 2.36. The van der Waals surface area contributed by atoms with Crippen LogP contribution in [0.3, 0.4) is 0 Å². The molecule has 1 aromatic heterocycles. The smallest absolute Gasteiger partial charge is 0.287 e. The molecule has 2 N–H and O–H groups in total. The number of ether oxygens (including phenoxy) is 1. The maximum absolute atomic E-state index is 12.5. The summed E-state index contributed by atoms with van der Waals surface area (Å²) in [7, 11) is 0. The molecular weight excluding hydrogens is 334 g/mol. The lowest BCUT2D eigenvalue weighted by molar-refractivity contribution is -0.00180. The molecule has 0 aliphatic carbocycles. The number of rotatable bonds is 3. The first kappa shape index (κ1) is 16.4. The Hall–Kier alpha value is -3.12. The summed E-state index contributed by atoms with van der Waals surface area (Å²) in [6, 6.07) is 15.1. The van der Waals surface area contributed by atoms with Crippen LogP contribution in [0.5, 0.6) is 5.75 Å². The number of hydrogen-bond acceptors (Lipinski definition) is 5. The third-order valence-electron chi connectivity index (χ3n) is 4.56. The molecule has 132 valence electrons. The predicted molar refractivity (Wildman–Crippen MR) is 95.3 cm³/mol. The van der Waals surface area contributed by atoms with Crippen LogP contribution in [0.2, 0.25) is 0 Å². The number of aliphatic hydroxyl groups is 1. The highest BCUT2D eigenvalue weighted by Gasteiger charge is 2.36. The van der Waals surface area contributed by atoms with Gasteiger partial charge in [-0.2, -0.15) is 0 Å². The summed E-state index contributed by atoms with van der Waals surface area (Å²) in [5, 5.41) is 14.0. The number of hydrogen-bond donors (Lipinski definition) is 2. The fourth-order valence-electron chi connectivity index (χ4n) is 3.15. The molecule has 6 nitrogen and oxygen atoms in total. The van der Waals surface area contributed by atoms with Crippen molar-refractivity contribution in [1.82, 2.24) is 5.32 Å². The number of carbonyl (C=O) groups excluding carboxylic acids is 1. The molecule has 0 fully saturated rings. The van der Waals surface area contributed by atoms with Crippen LogP contribution in [-0.4, -0.2) is 24.2 Å². The first-order valence-electron chi connectivity index (χ1n) is 8.33. The molecule has 1 atom stereocenters. The molecule has 0 bridgehead atoms. The first-order chi connectivity index (χ1) is 12.6. The van der Waals surface area contributed by atoms with Gasteiger partial charge in [0.25, 0.3) is 5.91 Å². The molecule has 1 aliphatic heterocycles. The zero-order chi connectivity index (χ0) is 18.1. The Morgan fingerprint density at radius 1 is 1.15 bits per heavy atom. The highest BCUT2D eigenvalue weighted by atomic mass is 16.5. The van der Waals surface area contributed by atoms with Crippen molar-refractivity contribution < 1.29 is 19.1 Å². The molecule has 0 saturated carbocycles. The van der Waals surface area contributed by atoms with Crippen molar-refractivity contribution >= 4 is 16.9 Å². The quantitative estimate of drug-likeness (QED) is 0.755. The molecule has 0 radical (unpaired) electrons. The third kappa shape index (κ3) is 2.84. The molecular formula is C20H17NO5. The van der Waals surface area contributed by atoms with Gasteiger partial charge < -0.3 is 19.6 Å². The maximum Gasteiger partial charge on any atom is 0.287 e. The van der Waals surface area contributed by atoms with Crippen LogP contribution in [0.1, 0.15) is 22.5 Å². The van der Waals surface area contributed by atoms with Crippen molar-refractivity contribution in [3.8, 4) is 5.75 Å². The average molecular weight is 351 g/mol. The average Bonchev–Trinajstić information content (AvgIpc) is 2.66. The first-order valence-corrected chi connectivity index (χ1v) is 8.33. The molecule has 0 spiro atoms. The topological polar surface area (TPSA) is 88.8 Å². The predicted octanol–water partition coefficient (Wildman–Crippen LogP) is 2.19. The lowest BCUT2D eigenvalue weighted by Gasteiger charge is -2.34. The molecule has 3 aromatic rings. The van der Waals surface area contributed by atoms with Gasteiger partial charge in [0, 0.05) is 18.1 Å². The van der Waals surface area contributed by atoms with E-state index in [2.05, 4.69) is 5.32 Å². The fraction of sp³-hybridized carbons (Fsp3) is 0.200. The second kappa shape index (κ2) is 6.31. The van der Waals surface area contributed by atoms with Crippen molar-refractivity contribution in [2.75, 3.05) is 13.2 Å². The van der Waals surface area contributed by atoms with Crippen molar-refractivity contribution in [2.24, 2.45) is 0 Å². The molecule has 26 heavy (non-hydrogen) atoms. The second-order valence-electron chi connectivity index (χ2n) is 6.28. The number of carbonyl (C=O) groups is 1. The minimum Gasteiger partial charge on any atom is -0.493 e. The van der Waals surface area contributed by atoms with Gasteiger partial charge in [-0.3, -0.25) is 9.59 Å². The largest absolute Gasteiger partial charge is 0.493 e. The molecule has 2 heterocycles. The molecule has 0 unspecified atom stereocenters.